The smallest absolute Gasteiger partial charge is 0.203 e. The molecule has 1 aromatic heterocycles. The molecule has 0 aliphatic heterocycles. The second kappa shape index (κ2) is 4.85. The van der Waals surface area contributed by atoms with Gasteiger partial charge < -0.3 is 4.42 Å². The first-order valence-corrected chi connectivity index (χ1v) is 7.29. The van der Waals surface area contributed by atoms with E-state index in [2.05, 4.69) is 11.1 Å². The molecule has 0 saturated carbocycles. The van der Waals surface area contributed by atoms with Gasteiger partial charge in [-0.25, -0.2) is 4.98 Å². The predicted octanol–water partition coefficient (Wildman–Crippen LogP) is 3.74. The lowest BCUT2D eigenvalue weighted by atomic mass is 10.0. The number of fused-ring (bicyclic) bond motifs is 2. The van der Waals surface area contributed by atoms with Crippen LogP contribution in [0.4, 0.5) is 0 Å². The highest BCUT2D eigenvalue weighted by atomic mass is 16.3. The van der Waals surface area contributed by atoms with Gasteiger partial charge in [-0.3, -0.25) is 4.79 Å². The highest BCUT2D eigenvalue weighted by molar-refractivity contribution is 5.97. The normalized spacial score (nSPS) is 13.5. The monoisotopic (exact) mass is 277 g/mol. The fourth-order valence-electron chi connectivity index (χ4n) is 2.98. The molecule has 0 radical (unpaired) electrons. The molecule has 0 N–H and O–H groups in total. The van der Waals surface area contributed by atoms with Crippen molar-refractivity contribution in [2.45, 2.75) is 25.7 Å². The summed E-state index contributed by atoms with van der Waals surface area (Å²) < 4.78 is 5.62. The summed E-state index contributed by atoms with van der Waals surface area (Å²) in [5, 5.41) is 0. The Bertz CT molecular complexity index is 799. The molecule has 1 aliphatic carbocycles. The molecule has 0 unspecified atom stereocenters. The van der Waals surface area contributed by atoms with Crippen LogP contribution >= 0.6 is 0 Å². The number of aromatic nitrogens is 1. The summed E-state index contributed by atoms with van der Waals surface area (Å²) in [7, 11) is 0. The summed E-state index contributed by atoms with van der Waals surface area (Å²) in [4.78, 5) is 16.8. The molecule has 0 atom stereocenters. The summed E-state index contributed by atoms with van der Waals surface area (Å²) in [5.74, 6) is 0.554. The van der Waals surface area contributed by atoms with Crippen molar-refractivity contribution in [1.29, 1.82) is 0 Å². The van der Waals surface area contributed by atoms with Gasteiger partial charge >= 0.3 is 0 Å². The number of hydrogen-bond donors (Lipinski definition) is 0. The minimum atomic E-state index is 0.0660. The Labute approximate surface area is 122 Å². The standard InChI is InChI=1S/C18H15NO2/c20-16(14-9-8-12-4-3-5-13(12)10-14)11-18-19-15-6-1-2-7-17(15)21-18/h1-2,6-10H,3-5,11H2. The lowest BCUT2D eigenvalue weighted by Crippen LogP contribution is -2.04. The van der Waals surface area contributed by atoms with Crippen LogP contribution in [0, 0.1) is 0 Å². The summed E-state index contributed by atoms with van der Waals surface area (Å²) in [6, 6.07) is 13.6. The maximum Gasteiger partial charge on any atom is 0.203 e. The number of nitrogens with zero attached hydrogens (tertiary/aromatic N) is 1. The van der Waals surface area contributed by atoms with Crippen molar-refractivity contribution in [2.24, 2.45) is 0 Å². The molecule has 1 heterocycles. The predicted molar refractivity (Wildman–Crippen MR) is 80.5 cm³/mol. The van der Waals surface area contributed by atoms with Gasteiger partial charge in [-0.15, -0.1) is 0 Å². The Hall–Kier alpha value is -2.42. The van der Waals surface area contributed by atoms with Crippen molar-refractivity contribution >= 4 is 16.9 Å². The van der Waals surface area contributed by atoms with E-state index in [0.717, 1.165) is 29.5 Å². The van der Waals surface area contributed by atoms with Crippen LogP contribution in [0.1, 0.15) is 33.8 Å². The minimum Gasteiger partial charge on any atom is -0.440 e. The van der Waals surface area contributed by atoms with E-state index in [0.29, 0.717) is 5.89 Å². The minimum absolute atomic E-state index is 0.0660. The maximum absolute atomic E-state index is 12.4. The largest absolute Gasteiger partial charge is 0.440 e. The fourth-order valence-corrected chi connectivity index (χ4v) is 2.98. The molecule has 0 bridgehead atoms. The van der Waals surface area contributed by atoms with E-state index in [1.807, 2.05) is 36.4 Å². The first kappa shape index (κ1) is 12.3. The zero-order valence-electron chi connectivity index (χ0n) is 11.6. The Balaban J connectivity index is 1.60. The SMILES string of the molecule is O=C(Cc1nc2ccccc2o1)c1ccc2c(c1)CCC2. The molecule has 0 fully saturated rings. The van der Waals surface area contributed by atoms with Crippen LogP contribution in [0.15, 0.2) is 46.9 Å². The van der Waals surface area contributed by atoms with E-state index in [-0.39, 0.29) is 12.2 Å². The number of ketones is 1. The van der Waals surface area contributed by atoms with E-state index in [4.69, 9.17) is 4.42 Å². The second-order valence-electron chi connectivity index (χ2n) is 5.51. The third kappa shape index (κ3) is 2.25. The summed E-state index contributed by atoms with van der Waals surface area (Å²) >= 11 is 0. The number of carbonyl (C=O) groups excluding carboxylic acids is 1. The van der Waals surface area contributed by atoms with E-state index in [9.17, 15) is 4.79 Å². The molecule has 3 heteroatoms. The number of carbonyl (C=O) groups is 1. The summed E-state index contributed by atoms with van der Waals surface area (Å²) in [6.45, 7) is 0. The van der Waals surface area contributed by atoms with Gasteiger partial charge in [-0.2, -0.15) is 0 Å². The number of hydrogen-bond acceptors (Lipinski definition) is 3. The van der Waals surface area contributed by atoms with Crippen molar-refractivity contribution in [1.82, 2.24) is 4.98 Å². The third-order valence-electron chi connectivity index (χ3n) is 4.07. The molecule has 0 spiro atoms. The van der Waals surface area contributed by atoms with Gasteiger partial charge in [0.1, 0.15) is 5.52 Å². The van der Waals surface area contributed by atoms with Gasteiger partial charge in [-0.05, 0) is 48.6 Å². The molecular formula is C18H15NO2. The highest BCUT2D eigenvalue weighted by Gasteiger charge is 2.16. The highest BCUT2D eigenvalue weighted by Crippen LogP contribution is 2.24. The molecule has 104 valence electrons. The Morgan fingerprint density at radius 3 is 2.86 bits per heavy atom. The van der Waals surface area contributed by atoms with Crippen molar-refractivity contribution in [3.63, 3.8) is 0 Å². The lowest BCUT2D eigenvalue weighted by Gasteiger charge is -2.02. The van der Waals surface area contributed by atoms with Crippen LogP contribution in [-0.4, -0.2) is 10.8 Å². The van der Waals surface area contributed by atoms with Gasteiger partial charge in [0.25, 0.3) is 0 Å². The molecule has 0 saturated heterocycles. The molecule has 4 rings (SSSR count). The first-order chi connectivity index (χ1) is 10.3. The number of benzene rings is 2. The number of rotatable bonds is 3. The van der Waals surface area contributed by atoms with E-state index < -0.39 is 0 Å². The van der Waals surface area contributed by atoms with Crippen molar-refractivity contribution < 1.29 is 9.21 Å². The average molecular weight is 277 g/mol. The number of oxazole rings is 1. The zero-order chi connectivity index (χ0) is 14.2. The lowest BCUT2D eigenvalue weighted by molar-refractivity contribution is 0.0986. The van der Waals surface area contributed by atoms with Crippen LogP contribution in [-0.2, 0) is 19.3 Å². The molecule has 0 amide bonds. The number of aryl methyl sites for hydroxylation is 2. The third-order valence-corrected chi connectivity index (χ3v) is 4.07. The molecular weight excluding hydrogens is 262 g/mol. The quantitative estimate of drug-likeness (QED) is 0.685. The second-order valence-corrected chi connectivity index (χ2v) is 5.51. The summed E-state index contributed by atoms with van der Waals surface area (Å²) in [6.07, 6.45) is 3.62. The van der Waals surface area contributed by atoms with Crippen molar-refractivity contribution in [3.05, 3.63) is 65.0 Å². The average Bonchev–Trinajstić information content (AvgIpc) is 3.11. The van der Waals surface area contributed by atoms with Crippen LogP contribution in [0.2, 0.25) is 0 Å². The van der Waals surface area contributed by atoms with Crippen LogP contribution < -0.4 is 0 Å². The van der Waals surface area contributed by atoms with Crippen molar-refractivity contribution in [3.8, 4) is 0 Å². The van der Waals surface area contributed by atoms with Crippen LogP contribution in [0.3, 0.4) is 0 Å². The topological polar surface area (TPSA) is 43.1 Å². The van der Waals surface area contributed by atoms with Gasteiger partial charge in [0, 0.05) is 5.56 Å². The fraction of sp³-hybridized carbons (Fsp3) is 0.222. The Kier molecular flexibility index (Phi) is 2.85. The summed E-state index contributed by atoms with van der Waals surface area (Å²) in [5.41, 5.74) is 4.99. The van der Waals surface area contributed by atoms with Gasteiger partial charge in [-0.1, -0.05) is 24.3 Å². The van der Waals surface area contributed by atoms with E-state index in [1.54, 1.807) is 0 Å². The molecule has 1 aliphatic rings. The number of Topliss-reactive ketones (excluding diaryl/α,β-unsaturated/α-hetero) is 1. The van der Waals surface area contributed by atoms with E-state index >= 15 is 0 Å². The van der Waals surface area contributed by atoms with E-state index in [1.165, 1.54) is 17.5 Å². The Morgan fingerprint density at radius 1 is 1.10 bits per heavy atom. The molecule has 3 nitrogen and oxygen atoms in total. The zero-order valence-corrected chi connectivity index (χ0v) is 11.6. The van der Waals surface area contributed by atoms with Crippen LogP contribution in [0.5, 0.6) is 0 Å². The first-order valence-electron chi connectivity index (χ1n) is 7.29. The van der Waals surface area contributed by atoms with Gasteiger partial charge in [0.05, 0.1) is 6.42 Å². The Morgan fingerprint density at radius 2 is 1.95 bits per heavy atom. The molecule has 3 aromatic rings. The molecule has 2 aromatic carbocycles. The number of para-hydroxylation sites is 2. The maximum atomic E-state index is 12.4. The molecule has 21 heavy (non-hydrogen) atoms. The van der Waals surface area contributed by atoms with Crippen molar-refractivity contribution in [2.75, 3.05) is 0 Å². The van der Waals surface area contributed by atoms with Gasteiger partial charge in [0.2, 0.25) is 5.89 Å². The van der Waals surface area contributed by atoms with Gasteiger partial charge in [0.15, 0.2) is 11.4 Å². The van der Waals surface area contributed by atoms with Crippen LogP contribution in [0.25, 0.3) is 11.1 Å².